The Kier molecular flexibility index (Phi) is 7.97. The second-order valence-electron chi connectivity index (χ2n) is 8.15. The maximum atomic E-state index is 12.3. The number of fused-ring (bicyclic) bond motifs is 1. The molecule has 0 aliphatic heterocycles. The smallest absolute Gasteiger partial charge is 0.226 e. The van der Waals surface area contributed by atoms with E-state index < -0.39 is 0 Å². The number of hydrogen-bond acceptors (Lipinski definition) is 6. The number of thiocarbonyl (C=S) groups is 1. The van der Waals surface area contributed by atoms with Gasteiger partial charge in [0, 0.05) is 29.8 Å². The molecule has 1 heterocycles. The minimum absolute atomic E-state index is 0.135. The first-order valence-electron chi connectivity index (χ1n) is 11.4. The van der Waals surface area contributed by atoms with Crippen LogP contribution in [-0.4, -0.2) is 30.2 Å². The van der Waals surface area contributed by atoms with Crippen molar-refractivity contribution in [3.8, 4) is 23.0 Å². The Labute approximate surface area is 215 Å². The van der Waals surface area contributed by atoms with Crippen molar-refractivity contribution < 1.29 is 19.0 Å². The van der Waals surface area contributed by atoms with E-state index in [0.717, 1.165) is 22.2 Å². The van der Waals surface area contributed by atoms with Gasteiger partial charge in [0.15, 0.2) is 16.6 Å². The Hall–Kier alpha value is -4.17. The fourth-order valence-corrected chi connectivity index (χ4v) is 3.87. The number of anilines is 1. The summed E-state index contributed by atoms with van der Waals surface area (Å²) in [6, 6.07) is 20.9. The molecule has 4 rings (SSSR count). The number of benzene rings is 3. The predicted octanol–water partition coefficient (Wildman–Crippen LogP) is 5.80. The number of nitrogens with one attached hydrogen (secondary N) is 2. The van der Waals surface area contributed by atoms with Crippen LogP contribution >= 0.6 is 12.2 Å². The number of pyridine rings is 1. The molecule has 4 aromatic rings. The van der Waals surface area contributed by atoms with Crippen LogP contribution < -0.4 is 24.8 Å². The molecule has 0 aliphatic carbocycles. The van der Waals surface area contributed by atoms with E-state index in [2.05, 4.69) is 15.6 Å². The lowest BCUT2D eigenvalue weighted by Crippen LogP contribution is -2.34. The first-order valence-corrected chi connectivity index (χ1v) is 11.8. The van der Waals surface area contributed by atoms with Gasteiger partial charge < -0.3 is 24.8 Å². The molecule has 0 unspecified atom stereocenters. The van der Waals surface area contributed by atoms with Gasteiger partial charge in [0.05, 0.1) is 19.7 Å². The van der Waals surface area contributed by atoms with Crippen LogP contribution in [0.3, 0.4) is 0 Å². The highest BCUT2D eigenvalue weighted by molar-refractivity contribution is 7.80. The summed E-state index contributed by atoms with van der Waals surface area (Å²) in [4.78, 5) is 16.7. The van der Waals surface area contributed by atoms with Crippen LogP contribution in [0.25, 0.3) is 10.9 Å². The van der Waals surface area contributed by atoms with E-state index in [-0.39, 0.29) is 11.0 Å². The van der Waals surface area contributed by atoms with E-state index >= 15 is 0 Å². The Bertz CT molecular complexity index is 1370. The Morgan fingerprint density at radius 2 is 1.61 bits per heavy atom. The third kappa shape index (κ3) is 6.28. The van der Waals surface area contributed by atoms with Gasteiger partial charge >= 0.3 is 0 Å². The fourth-order valence-electron chi connectivity index (χ4n) is 3.63. The van der Waals surface area contributed by atoms with E-state index in [1.165, 1.54) is 5.56 Å². The summed E-state index contributed by atoms with van der Waals surface area (Å²) in [5, 5.41) is 6.80. The number of rotatable bonds is 8. The zero-order valence-electron chi connectivity index (χ0n) is 20.3. The maximum Gasteiger partial charge on any atom is 0.226 e. The molecule has 1 amide bonds. The zero-order valence-corrected chi connectivity index (χ0v) is 21.1. The van der Waals surface area contributed by atoms with Gasteiger partial charge in [-0.05, 0) is 67.5 Å². The van der Waals surface area contributed by atoms with Crippen molar-refractivity contribution in [1.82, 2.24) is 10.3 Å². The van der Waals surface area contributed by atoms with Gasteiger partial charge in [-0.3, -0.25) is 9.78 Å². The molecule has 0 bridgehead atoms. The number of aryl methyl sites for hydroxylation is 2. The number of ether oxygens (including phenoxy) is 3. The van der Waals surface area contributed by atoms with Gasteiger partial charge in [0.2, 0.25) is 5.91 Å². The van der Waals surface area contributed by atoms with Crippen LogP contribution in [0, 0.1) is 6.92 Å². The molecule has 0 fully saturated rings. The number of methoxy groups -OCH3 is 2. The minimum Gasteiger partial charge on any atom is -0.493 e. The van der Waals surface area contributed by atoms with Crippen LogP contribution in [-0.2, 0) is 11.2 Å². The van der Waals surface area contributed by atoms with Crippen molar-refractivity contribution >= 4 is 39.8 Å². The predicted molar refractivity (Wildman–Crippen MR) is 145 cm³/mol. The van der Waals surface area contributed by atoms with Crippen LogP contribution in [0.15, 0.2) is 72.9 Å². The molecular formula is C28H27N3O4S. The number of amides is 1. The molecule has 0 saturated heterocycles. The number of nitrogens with zero attached hydrogens (tertiary/aromatic N) is 1. The van der Waals surface area contributed by atoms with Crippen LogP contribution in [0.4, 0.5) is 5.69 Å². The lowest BCUT2D eigenvalue weighted by molar-refractivity contribution is -0.119. The molecular weight excluding hydrogens is 474 g/mol. The summed E-state index contributed by atoms with van der Waals surface area (Å²) in [6.45, 7) is 2.04. The lowest BCUT2D eigenvalue weighted by atomic mass is 10.1. The van der Waals surface area contributed by atoms with Gasteiger partial charge in [-0.1, -0.05) is 29.8 Å². The SMILES string of the molecule is COc1cc2nccc(Oc3ccc(NC(=S)NC(=O)CCc4ccc(C)cc4)cc3)c2cc1OC. The second kappa shape index (κ2) is 11.5. The normalized spacial score (nSPS) is 10.5. The van der Waals surface area contributed by atoms with E-state index in [9.17, 15) is 4.79 Å². The molecule has 1 aromatic heterocycles. The molecule has 2 N–H and O–H groups in total. The van der Waals surface area contributed by atoms with E-state index in [0.29, 0.717) is 35.8 Å². The standard InChI is InChI=1S/C28H27N3O4S/c1-18-4-6-19(7-5-18)8-13-27(32)31-28(36)30-20-9-11-21(12-10-20)35-24-14-15-29-23-17-26(34-3)25(33-2)16-22(23)24/h4-7,9-12,14-17H,8,13H2,1-3H3,(H2,30,31,32,36). The summed E-state index contributed by atoms with van der Waals surface area (Å²) in [5.41, 5.74) is 3.77. The van der Waals surface area contributed by atoms with Crippen molar-refractivity contribution in [1.29, 1.82) is 0 Å². The van der Waals surface area contributed by atoms with Gasteiger partial charge in [-0.15, -0.1) is 0 Å². The third-order valence-electron chi connectivity index (χ3n) is 5.56. The van der Waals surface area contributed by atoms with E-state index in [1.54, 1.807) is 26.5 Å². The van der Waals surface area contributed by atoms with Gasteiger partial charge in [0.1, 0.15) is 11.5 Å². The average Bonchev–Trinajstić information content (AvgIpc) is 2.88. The number of aromatic nitrogens is 1. The molecule has 0 spiro atoms. The Morgan fingerprint density at radius 1 is 0.917 bits per heavy atom. The van der Waals surface area contributed by atoms with Gasteiger partial charge in [0.25, 0.3) is 0 Å². The summed E-state index contributed by atoms with van der Waals surface area (Å²) in [5.74, 6) is 2.33. The first-order chi connectivity index (χ1) is 17.4. The summed E-state index contributed by atoms with van der Waals surface area (Å²) < 4.78 is 16.9. The quantitative estimate of drug-likeness (QED) is 0.295. The molecule has 0 atom stereocenters. The molecule has 3 aromatic carbocycles. The second-order valence-corrected chi connectivity index (χ2v) is 8.56. The minimum atomic E-state index is -0.135. The maximum absolute atomic E-state index is 12.3. The van der Waals surface area contributed by atoms with Crippen LogP contribution in [0.1, 0.15) is 17.5 Å². The Morgan fingerprint density at radius 3 is 2.31 bits per heavy atom. The average molecular weight is 502 g/mol. The summed E-state index contributed by atoms with van der Waals surface area (Å²) >= 11 is 5.29. The largest absolute Gasteiger partial charge is 0.493 e. The topological polar surface area (TPSA) is 81.7 Å². The molecule has 8 heteroatoms. The summed E-state index contributed by atoms with van der Waals surface area (Å²) in [7, 11) is 3.17. The van der Waals surface area contributed by atoms with Gasteiger partial charge in [-0.25, -0.2) is 0 Å². The van der Waals surface area contributed by atoms with Crippen molar-refractivity contribution in [2.24, 2.45) is 0 Å². The van der Waals surface area contributed by atoms with E-state index in [1.807, 2.05) is 67.6 Å². The molecule has 0 aliphatic rings. The van der Waals surface area contributed by atoms with Crippen molar-refractivity contribution in [3.63, 3.8) is 0 Å². The van der Waals surface area contributed by atoms with Crippen molar-refractivity contribution in [3.05, 3.63) is 84.1 Å². The van der Waals surface area contributed by atoms with Crippen molar-refractivity contribution in [2.75, 3.05) is 19.5 Å². The van der Waals surface area contributed by atoms with Crippen LogP contribution in [0.2, 0.25) is 0 Å². The summed E-state index contributed by atoms with van der Waals surface area (Å²) in [6.07, 6.45) is 2.69. The molecule has 0 radical (unpaired) electrons. The number of carbonyl (C=O) groups excluding carboxylic acids is 1. The number of carbonyl (C=O) groups is 1. The molecule has 36 heavy (non-hydrogen) atoms. The molecule has 0 saturated carbocycles. The molecule has 7 nitrogen and oxygen atoms in total. The lowest BCUT2D eigenvalue weighted by Gasteiger charge is -2.13. The first kappa shape index (κ1) is 24.9. The Balaban J connectivity index is 1.35. The highest BCUT2D eigenvalue weighted by Crippen LogP contribution is 2.36. The van der Waals surface area contributed by atoms with E-state index in [4.69, 9.17) is 26.4 Å². The third-order valence-corrected chi connectivity index (χ3v) is 5.77. The van der Waals surface area contributed by atoms with Crippen LogP contribution in [0.5, 0.6) is 23.0 Å². The van der Waals surface area contributed by atoms with Crippen molar-refractivity contribution in [2.45, 2.75) is 19.8 Å². The fraction of sp³-hybridized carbons (Fsp3) is 0.179. The highest BCUT2D eigenvalue weighted by atomic mass is 32.1. The monoisotopic (exact) mass is 501 g/mol. The zero-order chi connectivity index (χ0) is 25.5. The highest BCUT2D eigenvalue weighted by Gasteiger charge is 2.12. The molecule has 184 valence electrons. The van der Waals surface area contributed by atoms with Gasteiger partial charge in [-0.2, -0.15) is 0 Å². The number of hydrogen-bond donors (Lipinski definition) is 2.